The zero-order chi connectivity index (χ0) is 13.4. The van der Waals surface area contributed by atoms with Gasteiger partial charge in [-0.25, -0.2) is 0 Å². The zero-order valence-electron chi connectivity index (χ0n) is 7.62. The third kappa shape index (κ3) is 3.26. The molecule has 1 rings (SSSR count). The van der Waals surface area contributed by atoms with Crippen molar-refractivity contribution in [2.75, 3.05) is 0 Å². The quantitative estimate of drug-likeness (QED) is 0.596. The highest BCUT2D eigenvalue weighted by atomic mass is 19.4. The van der Waals surface area contributed by atoms with Crippen LogP contribution in [0, 0.1) is 0 Å². The number of nitrogens with zero attached hydrogens (tertiary/aromatic N) is 2. The van der Waals surface area contributed by atoms with Gasteiger partial charge in [-0.05, 0) is 0 Å². The molecule has 17 heavy (non-hydrogen) atoms. The highest BCUT2D eigenvalue weighted by Crippen LogP contribution is 2.34. The van der Waals surface area contributed by atoms with E-state index in [0.29, 0.717) is 0 Å². The molecule has 1 heterocycles. The molecule has 5 nitrogen and oxygen atoms in total. The normalized spacial score (nSPS) is 12.7. The van der Waals surface area contributed by atoms with Gasteiger partial charge in [0.1, 0.15) is 0 Å². The molecule has 0 aliphatic heterocycles. The van der Waals surface area contributed by atoms with Crippen molar-refractivity contribution in [2.24, 2.45) is 0 Å². The Morgan fingerprint density at radius 2 is 1.65 bits per heavy atom. The second-order valence-electron chi connectivity index (χ2n) is 2.71. The molecule has 0 radical (unpaired) electrons. The van der Waals surface area contributed by atoms with Crippen LogP contribution in [-0.4, -0.2) is 27.3 Å². The van der Waals surface area contributed by atoms with E-state index < -0.39 is 35.9 Å². The Kier molecular flexibility index (Phi) is 3.29. The number of hydrogen-bond acceptors (Lipinski definition) is 4. The van der Waals surface area contributed by atoms with Gasteiger partial charge in [0.15, 0.2) is 11.4 Å². The summed E-state index contributed by atoms with van der Waals surface area (Å²) in [6, 6.07) is -0.317. The lowest BCUT2D eigenvalue weighted by atomic mass is 10.3. The van der Waals surface area contributed by atoms with Crippen molar-refractivity contribution in [3.63, 3.8) is 0 Å². The van der Waals surface area contributed by atoms with Crippen molar-refractivity contribution in [3.05, 3.63) is 17.5 Å². The van der Waals surface area contributed by atoms with E-state index in [4.69, 9.17) is 10.0 Å². The van der Waals surface area contributed by atoms with Crippen molar-refractivity contribution < 1.29 is 41.1 Å². The van der Waals surface area contributed by atoms with Crippen LogP contribution in [0.25, 0.3) is 0 Å². The molecule has 0 aromatic carbocycles. The highest BCUT2D eigenvalue weighted by Gasteiger charge is 2.43. The molecule has 96 valence electrons. The second kappa shape index (κ2) is 4.11. The monoisotopic (exact) mass is 264 g/mol. The molecule has 12 heteroatoms. The van der Waals surface area contributed by atoms with Crippen LogP contribution in [0.4, 0.5) is 26.3 Å². The van der Waals surface area contributed by atoms with Crippen molar-refractivity contribution in [1.82, 2.24) is 9.94 Å². The third-order valence-electron chi connectivity index (χ3n) is 1.45. The maximum atomic E-state index is 12.2. The lowest BCUT2D eigenvalue weighted by molar-refractivity contribution is -0.150. The highest BCUT2D eigenvalue weighted by molar-refractivity contribution is 6.32. The van der Waals surface area contributed by atoms with E-state index >= 15 is 0 Å². The van der Waals surface area contributed by atoms with Crippen LogP contribution in [0.3, 0.4) is 0 Å². The van der Waals surface area contributed by atoms with E-state index in [9.17, 15) is 26.3 Å². The standard InChI is InChI=1S/C5H3BF6N2O3/c7-4(8,9)2-1-3(5(10,11)12)14(13-2)17-6(15)16/h1,15-16H. The van der Waals surface area contributed by atoms with Crippen molar-refractivity contribution in [1.29, 1.82) is 0 Å². The molecule has 0 bridgehead atoms. The van der Waals surface area contributed by atoms with Crippen LogP contribution >= 0.6 is 0 Å². The van der Waals surface area contributed by atoms with Crippen LogP contribution in [0.15, 0.2) is 6.07 Å². The minimum atomic E-state index is -5.19. The first-order valence-corrected chi connectivity index (χ1v) is 3.79. The van der Waals surface area contributed by atoms with Gasteiger partial charge in [-0.1, -0.05) is 0 Å². The van der Waals surface area contributed by atoms with Crippen molar-refractivity contribution in [3.8, 4) is 0 Å². The maximum Gasteiger partial charge on any atom is 0.729 e. The lowest BCUT2D eigenvalue weighted by Crippen LogP contribution is -2.33. The zero-order valence-corrected chi connectivity index (χ0v) is 7.62. The Morgan fingerprint density at radius 3 is 2.00 bits per heavy atom. The van der Waals surface area contributed by atoms with Crippen molar-refractivity contribution in [2.45, 2.75) is 12.4 Å². The van der Waals surface area contributed by atoms with E-state index in [1.807, 2.05) is 0 Å². The SMILES string of the molecule is OB(O)On1nc(C(F)(F)F)cc1C(F)(F)F. The Morgan fingerprint density at radius 1 is 1.12 bits per heavy atom. The second-order valence-corrected chi connectivity index (χ2v) is 2.71. The summed E-state index contributed by atoms with van der Waals surface area (Å²) in [4.78, 5) is -0.645. The number of aromatic nitrogens is 2. The molecule has 0 fully saturated rings. The molecule has 0 saturated heterocycles. The topological polar surface area (TPSA) is 67.5 Å². The lowest BCUT2D eigenvalue weighted by Gasteiger charge is -2.09. The Labute approximate surface area is 89.3 Å². The molecule has 1 aromatic rings. The van der Waals surface area contributed by atoms with Gasteiger partial charge in [0.25, 0.3) is 0 Å². The molecule has 0 amide bonds. The molecule has 0 unspecified atom stereocenters. The van der Waals surface area contributed by atoms with E-state index in [-0.39, 0.29) is 6.07 Å². The van der Waals surface area contributed by atoms with Gasteiger partial charge in [0.05, 0.1) is 0 Å². The molecular formula is C5H3BF6N2O3. The fraction of sp³-hybridized carbons (Fsp3) is 0.400. The van der Waals surface area contributed by atoms with Gasteiger partial charge >= 0.3 is 19.7 Å². The van der Waals surface area contributed by atoms with Gasteiger partial charge < -0.3 is 14.8 Å². The summed E-state index contributed by atoms with van der Waals surface area (Å²) in [7, 11) is -2.74. The number of hydrogen-bond donors (Lipinski definition) is 2. The first kappa shape index (κ1) is 13.6. The largest absolute Gasteiger partial charge is 0.729 e. The van der Waals surface area contributed by atoms with Gasteiger partial charge in [0, 0.05) is 6.07 Å². The fourth-order valence-electron chi connectivity index (χ4n) is 0.864. The summed E-state index contributed by atoms with van der Waals surface area (Å²) in [6.45, 7) is 0. The Bertz CT molecular complexity index is 399. The van der Waals surface area contributed by atoms with Gasteiger partial charge in [-0.3, -0.25) is 0 Å². The van der Waals surface area contributed by atoms with Gasteiger partial charge in [-0.15, -0.1) is 9.94 Å². The molecule has 0 atom stereocenters. The number of rotatable bonds is 2. The summed E-state index contributed by atoms with van der Waals surface area (Å²) in [5.41, 5.74) is -3.79. The predicted octanol–water partition coefficient (Wildman–Crippen LogP) is 0.319. The molecule has 2 N–H and O–H groups in total. The summed E-state index contributed by atoms with van der Waals surface area (Å²) in [6.07, 6.45) is -10.3. The van der Waals surface area contributed by atoms with E-state index in [0.717, 1.165) is 0 Å². The average Bonchev–Trinajstić information content (AvgIpc) is 2.44. The fourth-order valence-corrected chi connectivity index (χ4v) is 0.864. The van der Waals surface area contributed by atoms with E-state index in [1.54, 1.807) is 0 Å². The van der Waals surface area contributed by atoms with Crippen LogP contribution in [0.5, 0.6) is 0 Å². The summed E-state index contributed by atoms with van der Waals surface area (Å²) < 4.78 is 76.6. The van der Waals surface area contributed by atoms with Crippen LogP contribution < -0.4 is 4.76 Å². The first-order valence-electron chi connectivity index (χ1n) is 3.79. The molecule has 0 aliphatic carbocycles. The smallest absolute Gasteiger partial charge is 0.405 e. The number of halogens is 6. The van der Waals surface area contributed by atoms with Gasteiger partial charge in [-0.2, -0.15) is 26.3 Å². The van der Waals surface area contributed by atoms with Crippen LogP contribution in [-0.2, 0) is 12.4 Å². The number of alkyl halides is 6. The molecule has 1 aromatic heterocycles. The van der Waals surface area contributed by atoms with Crippen molar-refractivity contribution >= 4 is 7.32 Å². The minimum absolute atomic E-state index is 0.317. The minimum Gasteiger partial charge on any atom is -0.405 e. The summed E-state index contributed by atoms with van der Waals surface area (Å²) in [5.74, 6) is 0. The van der Waals surface area contributed by atoms with Gasteiger partial charge in [0.2, 0.25) is 0 Å². The average molecular weight is 264 g/mol. The van der Waals surface area contributed by atoms with E-state index in [2.05, 4.69) is 9.85 Å². The van der Waals surface area contributed by atoms with E-state index in [1.165, 1.54) is 0 Å². The molecule has 0 aliphatic rings. The predicted molar refractivity (Wildman–Crippen MR) is 39.0 cm³/mol. The third-order valence-corrected chi connectivity index (χ3v) is 1.45. The van der Waals surface area contributed by atoms with Crippen LogP contribution in [0.2, 0.25) is 0 Å². The Hall–Kier alpha value is -1.43. The Balaban J connectivity index is 3.22. The van der Waals surface area contributed by atoms with Crippen LogP contribution in [0.1, 0.15) is 11.4 Å². The first-order chi connectivity index (χ1) is 7.51. The summed E-state index contributed by atoms with van der Waals surface area (Å²) in [5, 5.41) is 18.9. The molecular weight excluding hydrogens is 261 g/mol. The molecule has 0 saturated carbocycles. The molecule has 0 spiro atoms. The summed E-state index contributed by atoms with van der Waals surface area (Å²) >= 11 is 0. The maximum absolute atomic E-state index is 12.2.